The van der Waals surface area contributed by atoms with Crippen molar-refractivity contribution in [1.82, 2.24) is 15.2 Å². The van der Waals surface area contributed by atoms with E-state index in [0.29, 0.717) is 11.7 Å². The van der Waals surface area contributed by atoms with Crippen LogP contribution in [-0.2, 0) is 6.42 Å². The number of H-pyrrole nitrogens is 1. The van der Waals surface area contributed by atoms with E-state index in [2.05, 4.69) is 34.3 Å². The number of hydrogen-bond acceptors (Lipinski definition) is 3. The first-order valence-electron chi connectivity index (χ1n) is 6.85. The molecule has 0 fully saturated rings. The van der Waals surface area contributed by atoms with Gasteiger partial charge in [0.05, 0.1) is 0 Å². The number of nitrogens with zero attached hydrogens (tertiary/aromatic N) is 2. The van der Waals surface area contributed by atoms with E-state index in [0.717, 1.165) is 23.2 Å². The molecule has 0 spiro atoms. The molecule has 0 bridgehead atoms. The minimum atomic E-state index is -0.280. The molecule has 20 heavy (non-hydrogen) atoms. The van der Waals surface area contributed by atoms with Crippen LogP contribution in [0.5, 0.6) is 0 Å². The van der Waals surface area contributed by atoms with Gasteiger partial charge in [-0.2, -0.15) is 0 Å². The molecule has 0 unspecified atom stereocenters. The van der Waals surface area contributed by atoms with E-state index < -0.39 is 0 Å². The molecule has 0 aliphatic heterocycles. The Morgan fingerprint density at radius 3 is 2.75 bits per heavy atom. The molecule has 0 aliphatic carbocycles. The molecule has 0 aliphatic rings. The molecule has 0 radical (unpaired) electrons. The molecule has 2 aromatic rings. The third kappa shape index (κ3) is 2.87. The van der Waals surface area contributed by atoms with Gasteiger partial charge >= 0.3 is 0 Å². The Morgan fingerprint density at radius 2 is 2.15 bits per heavy atom. The number of amides is 1. The second kappa shape index (κ2) is 5.86. The number of aromatic nitrogens is 3. The summed E-state index contributed by atoms with van der Waals surface area (Å²) in [6.07, 6.45) is 0.724. The number of nitrogens with one attached hydrogen (secondary N) is 2. The summed E-state index contributed by atoms with van der Waals surface area (Å²) >= 11 is 0. The lowest BCUT2D eigenvalue weighted by molar-refractivity contribution is 0.101. The molecule has 1 aromatic heterocycles. The Balaban J connectivity index is 2.27. The second-order valence-electron chi connectivity index (χ2n) is 5.11. The maximum Gasteiger partial charge on any atom is 0.295 e. The largest absolute Gasteiger partial charge is 0.319 e. The van der Waals surface area contributed by atoms with E-state index in [9.17, 15) is 4.79 Å². The topological polar surface area (TPSA) is 70.7 Å². The highest BCUT2D eigenvalue weighted by molar-refractivity contribution is 6.02. The van der Waals surface area contributed by atoms with Crippen molar-refractivity contribution in [3.05, 3.63) is 41.0 Å². The highest BCUT2D eigenvalue weighted by atomic mass is 16.2. The summed E-state index contributed by atoms with van der Waals surface area (Å²) in [5, 5.41) is 9.62. The Kier molecular flexibility index (Phi) is 4.17. The van der Waals surface area contributed by atoms with Crippen molar-refractivity contribution in [3.63, 3.8) is 0 Å². The number of carbonyl (C=O) groups excluding carboxylic acids is 1. The van der Waals surface area contributed by atoms with Gasteiger partial charge in [-0.05, 0) is 24.0 Å². The van der Waals surface area contributed by atoms with Gasteiger partial charge in [0.25, 0.3) is 5.91 Å². The smallest absolute Gasteiger partial charge is 0.295 e. The lowest BCUT2D eigenvalue weighted by Crippen LogP contribution is -2.16. The van der Waals surface area contributed by atoms with Crippen LogP contribution in [0.15, 0.2) is 18.2 Å². The predicted molar refractivity (Wildman–Crippen MR) is 79.0 cm³/mol. The zero-order valence-electron chi connectivity index (χ0n) is 12.3. The van der Waals surface area contributed by atoms with E-state index in [1.54, 1.807) is 0 Å². The summed E-state index contributed by atoms with van der Waals surface area (Å²) in [7, 11) is 0. The Bertz CT molecular complexity index is 616. The van der Waals surface area contributed by atoms with Crippen LogP contribution in [0, 0.1) is 6.92 Å². The van der Waals surface area contributed by atoms with Crippen molar-refractivity contribution in [2.75, 3.05) is 5.32 Å². The van der Waals surface area contributed by atoms with Gasteiger partial charge in [-0.25, -0.2) is 4.98 Å². The normalized spacial score (nSPS) is 10.8. The summed E-state index contributed by atoms with van der Waals surface area (Å²) in [5.74, 6) is 0.949. The zero-order valence-corrected chi connectivity index (χ0v) is 12.3. The van der Waals surface area contributed by atoms with Crippen molar-refractivity contribution in [2.45, 2.75) is 40.0 Å². The molecule has 1 amide bonds. The Hall–Kier alpha value is -2.17. The average molecular weight is 272 g/mol. The van der Waals surface area contributed by atoms with Gasteiger partial charge in [0.2, 0.25) is 5.82 Å². The van der Waals surface area contributed by atoms with E-state index in [-0.39, 0.29) is 11.7 Å². The van der Waals surface area contributed by atoms with Gasteiger partial charge in [-0.3, -0.25) is 9.89 Å². The quantitative estimate of drug-likeness (QED) is 0.898. The summed E-state index contributed by atoms with van der Waals surface area (Å²) in [4.78, 5) is 16.4. The number of benzene rings is 1. The van der Waals surface area contributed by atoms with Gasteiger partial charge in [0, 0.05) is 12.1 Å². The number of aromatic amines is 1. The number of hydrogen-bond donors (Lipinski definition) is 2. The van der Waals surface area contributed by atoms with Gasteiger partial charge in [-0.1, -0.05) is 39.0 Å². The van der Waals surface area contributed by atoms with Crippen LogP contribution in [0.1, 0.15) is 54.3 Å². The summed E-state index contributed by atoms with van der Waals surface area (Å²) < 4.78 is 0. The minimum Gasteiger partial charge on any atom is -0.319 e. The molecule has 0 saturated heterocycles. The van der Waals surface area contributed by atoms with Crippen molar-refractivity contribution in [2.24, 2.45) is 0 Å². The Morgan fingerprint density at radius 1 is 1.40 bits per heavy atom. The molecular weight excluding hydrogens is 252 g/mol. The highest BCUT2D eigenvalue weighted by Crippen LogP contribution is 2.27. The van der Waals surface area contributed by atoms with Gasteiger partial charge < -0.3 is 5.32 Å². The molecule has 1 heterocycles. The lowest BCUT2D eigenvalue weighted by Gasteiger charge is -2.15. The maximum atomic E-state index is 12.2. The van der Waals surface area contributed by atoms with E-state index in [1.807, 2.05) is 32.0 Å². The number of anilines is 1. The van der Waals surface area contributed by atoms with Crippen LogP contribution in [0.4, 0.5) is 5.69 Å². The first-order chi connectivity index (χ1) is 9.52. The maximum absolute atomic E-state index is 12.2. The fourth-order valence-electron chi connectivity index (χ4n) is 2.07. The van der Waals surface area contributed by atoms with E-state index in [4.69, 9.17) is 0 Å². The number of para-hydroxylation sites is 1. The van der Waals surface area contributed by atoms with Crippen LogP contribution in [-0.4, -0.2) is 21.1 Å². The van der Waals surface area contributed by atoms with Gasteiger partial charge in [-0.15, -0.1) is 5.10 Å². The number of aryl methyl sites for hydroxylation is 2. The highest BCUT2D eigenvalue weighted by Gasteiger charge is 2.16. The lowest BCUT2D eigenvalue weighted by atomic mass is 9.98. The summed E-state index contributed by atoms with van der Waals surface area (Å²) in [6.45, 7) is 8.15. The number of carbonyl (C=O) groups is 1. The zero-order chi connectivity index (χ0) is 14.7. The van der Waals surface area contributed by atoms with Crippen molar-refractivity contribution in [3.8, 4) is 0 Å². The van der Waals surface area contributed by atoms with Crippen LogP contribution >= 0.6 is 0 Å². The second-order valence-corrected chi connectivity index (χ2v) is 5.11. The van der Waals surface area contributed by atoms with Crippen LogP contribution < -0.4 is 5.32 Å². The SMILES string of the molecule is CCc1nc(C(=O)Nc2c(C)cccc2C(C)C)n[nH]1. The molecule has 2 rings (SSSR count). The third-order valence-corrected chi connectivity index (χ3v) is 3.24. The standard InChI is InChI=1S/C15H20N4O/c1-5-12-16-14(19-18-12)15(20)17-13-10(4)7-6-8-11(13)9(2)3/h6-9H,5H2,1-4H3,(H,17,20)(H,16,18,19). The number of rotatable bonds is 4. The molecule has 5 heteroatoms. The van der Waals surface area contributed by atoms with E-state index >= 15 is 0 Å². The first kappa shape index (κ1) is 14.2. The molecule has 0 saturated carbocycles. The van der Waals surface area contributed by atoms with Crippen molar-refractivity contribution < 1.29 is 4.79 Å². The monoisotopic (exact) mass is 272 g/mol. The van der Waals surface area contributed by atoms with Crippen molar-refractivity contribution >= 4 is 11.6 Å². The van der Waals surface area contributed by atoms with Crippen LogP contribution in [0.2, 0.25) is 0 Å². The van der Waals surface area contributed by atoms with E-state index in [1.165, 1.54) is 0 Å². The van der Waals surface area contributed by atoms with Crippen LogP contribution in [0.25, 0.3) is 0 Å². The molecular formula is C15H20N4O. The molecule has 0 atom stereocenters. The first-order valence-corrected chi connectivity index (χ1v) is 6.85. The molecule has 106 valence electrons. The fraction of sp³-hybridized carbons (Fsp3) is 0.400. The average Bonchev–Trinajstić information content (AvgIpc) is 2.89. The third-order valence-electron chi connectivity index (χ3n) is 3.24. The molecule has 5 nitrogen and oxygen atoms in total. The minimum absolute atomic E-state index is 0.180. The van der Waals surface area contributed by atoms with Gasteiger partial charge in [0.15, 0.2) is 0 Å². The van der Waals surface area contributed by atoms with Crippen LogP contribution in [0.3, 0.4) is 0 Å². The summed E-state index contributed by atoms with van der Waals surface area (Å²) in [5.41, 5.74) is 3.01. The Labute approximate surface area is 118 Å². The molecule has 1 aromatic carbocycles. The van der Waals surface area contributed by atoms with Crippen molar-refractivity contribution in [1.29, 1.82) is 0 Å². The molecule has 2 N–H and O–H groups in total. The van der Waals surface area contributed by atoms with Gasteiger partial charge in [0.1, 0.15) is 5.82 Å². The fourth-order valence-corrected chi connectivity index (χ4v) is 2.07. The summed E-state index contributed by atoms with van der Waals surface area (Å²) in [6, 6.07) is 6.02. The predicted octanol–water partition coefficient (Wildman–Crippen LogP) is 3.05.